The molecule has 2 N–H and O–H groups in total. The number of aromatic nitrogens is 2. The number of carbonyl (C=O) groups excluding carboxylic acids is 1. The van der Waals surface area contributed by atoms with E-state index in [9.17, 15) is 4.79 Å². The van der Waals surface area contributed by atoms with E-state index in [-0.39, 0.29) is 11.9 Å². The van der Waals surface area contributed by atoms with Crippen LogP contribution in [-0.2, 0) is 18.3 Å². The highest BCUT2D eigenvalue weighted by Gasteiger charge is 2.28. The fraction of sp³-hybridized carbons (Fsp3) is 0.524. The van der Waals surface area contributed by atoms with Crippen LogP contribution in [0.3, 0.4) is 0 Å². The lowest BCUT2D eigenvalue weighted by Gasteiger charge is -2.35. The molecule has 1 aliphatic rings. The lowest BCUT2D eigenvalue weighted by molar-refractivity contribution is -0.123. The fourth-order valence-electron chi connectivity index (χ4n) is 4.06. The predicted octanol–water partition coefficient (Wildman–Crippen LogP) is 1.65. The molecule has 1 unspecified atom stereocenters. The Kier molecular flexibility index (Phi) is 6.29. The van der Waals surface area contributed by atoms with Crippen LogP contribution in [-0.4, -0.2) is 53.1 Å². The van der Waals surface area contributed by atoms with Gasteiger partial charge in [-0.3, -0.25) is 9.69 Å². The molecule has 1 atom stereocenters. The summed E-state index contributed by atoms with van der Waals surface area (Å²) in [6.07, 6.45) is 4.64. The van der Waals surface area contributed by atoms with Crippen LogP contribution in [0.5, 0.6) is 0 Å². The molecule has 0 aliphatic carbocycles. The van der Waals surface area contributed by atoms with Crippen molar-refractivity contribution < 1.29 is 4.79 Å². The molecule has 27 heavy (non-hydrogen) atoms. The molecule has 0 saturated carbocycles. The van der Waals surface area contributed by atoms with E-state index in [4.69, 9.17) is 0 Å². The Morgan fingerprint density at radius 3 is 2.70 bits per heavy atom. The average molecular weight is 370 g/mol. The first-order chi connectivity index (χ1) is 13.0. The van der Waals surface area contributed by atoms with E-state index in [2.05, 4.69) is 53.4 Å². The minimum Gasteiger partial charge on any atom is -0.355 e. The standard InChI is InChI=1S/C21H31N5O/c1-15-11-16(2)18(17(3)12-15)5-6-23-20(27)14-26-10-7-22-13-19(26)21-24-8-9-25(21)4/h8-9,11-12,19,22H,5-7,10,13-14H2,1-4H3,(H,23,27). The van der Waals surface area contributed by atoms with E-state index in [1.54, 1.807) is 0 Å². The number of piperazine rings is 1. The number of nitrogens with zero attached hydrogens (tertiary/aromatic N) is 3. The van der Waals surface area contributed by atoms with Gasteiger partial charge in [0.25, 0.3) is 0 Å². The summed E-state index contributed by atoms with van der Waals surface area (Å²) in [6.45, 7) is 10.1. The van der Waals surface area contributed by atoms with Gasteiger partial charge < -0.3 is 15.2 Å². The molecule has 1 aliphatic heterocycles. The quantitative estimate of drug-likeness (QED) is 0.813. The maximum Gasteiger partial charge on any atom is 0.234 e. The van der Waals surface area contributed by atoms with Crippen molar-refractivity contribution in [2.24, 2.45) is 7.05 Å². The van der Waals surface area contributed by atoms with Gasteiger partial charge in [0.2, 0.25) is 5.91 Å². The van der Waals surface area contributed by atoms with E-state index < -0.39 is 0 Å². The largest absolute Gasteiger partial charge is 0.355 e. The highest BCUT2D eigenvalue weighted by Crippen LogP contribution is 2.20. The second-order valence-corrected chi connectivity index (χ2v) is 7.56. The zero-order valence-electron chi connectivity index (χ0n) is 16.9. The van der Waals surface area contributed by atoms with Crippen LogP contribution >= 0.6 is 0 Å². The summed E-state index contributed by atoms with van der Waals surface area (Å²) in [5, 5.41) is 6.51. The van der Waals surface area contributed by atoms with Crippen LogP contribution in [0.15, 0.2) is 24.5 Å². The van der Waals surface area contributed by atoms with Crippen LogP contribution in [0.25, 0.3) is 0 Å². The van der Waals surface area contributed by atoms with Crippen molar-refractivity contribution in [2.75, 3.05) is 32.7 Å². The van der Waals surface area contributed by atoms with E-state index in [1.165, 1.54) is 22.3 Å². The smallest absolute Gasteiger partial charge is 0.234 e. The Balaban J connectivity index is 1.55. The third kappa shape index (κ3) is 4.76. The van der Waals surface area contributed by atoms with Crippen molar-refractivity contribution >= 4 is 5.91 Å². The third-order valence-electron chi connectivity index (χ3n) is 5.39. The van der Waals surface area contributed by atoms with Gasteiger partial charge in [-0.2, -0.15) is 0 Å². The van der Waals surface area contributed by atoms with Crippen LogP contribution in [0.2, 0.25) is 0 Å². The zero-order chi connectivity index (χ0) is 19.4. The monoisotopic (exact) mass is 369 g/mol. The maximum absolute atomic E-state index is 12.5. The molecule has 3 rings (SSSR count). The van der Waals surface area contributed by atoms with Crippen molar-refractivity contribution in [1.82, 2.24) is 25.1 Å². The Morgan fingerprint density at radius 1 is 1.30 bits per heavy atom. The normalized spacial score (nSPS) is 17.9. The molecule has 6 heteroatoms. The van der Waals surface area contributed by atoms with Gasteiger partial charge in [-0.15, -0.1) is 0 Å². The number of hydrogen-bond acceptors (Lipinski definition) is 4. The molecular weight excluding hydrogens is 338 g/mol. The molecule has 1 fully saturated rings. The molecule has 0 radical (unpaired) electrons. The van der Waals surface area contributed by atoms with Gasteiger partial charge in [-0.1, -0.05) is 17.7 Å². The summed E-state index contributed by atoms with van der Waals surface area (Å²) >= 11 is 0. The van der Waals surface area contributed by atoms with Gasteiger partial charge in [0.05, 0.1) is 12.6 Å². The summed E-state index contributed by atoms with van der Waals surface area (Å²) < 4.78 is 2.03. The van der Waals surface area contributed by atoms with E-state index in [1.807, 2.05) is 24.0 Å². The first-order valence-corrected chi connectivity index (χ1v) is 9.71. The minimum atomic E-state index is 0.0820. The number of benzene rings is 1. The number of imidazole rings is 1. The second-order valence-electron chi connectivity index (χ2n) is 7.56. The van der Waals surface area contributed by atoms with Crippen LogP contribution in [0, 0.1) is 20.8 Å². The van der Waals surface area contributed by atoms with Crippen molar-refractivity contribution in [1.29, 1.82) is 0 Å². The summed E-state index contributed by atoms with van der Waals surface area (Å²) in [7, 11) is 2.00. The number of hydrogen-bond donors (Lipinski definition) is 2. The van der Waals surface area contributed by atoms with Crippen LogP contribution < -0.4 is 10.6 Å². The Bertz CT molecular complexity index is 775. The van der Waals surface area contributed by atoms with Gasteiger partial charge in [0.15, 0.2) is 0 Å². The molecular formula is C21H31N5O. The Labute approximate surface area is 162 Å². The van der Waals surface area contributed by atoms with Crippen molar-refractivity contribution in [2.45, 2.75) is 33.2 Å². The van der Waals surface area contributed by atoms with Gasteiger partial charge in [-0.05, 0) is 43.9 Å². The number of amides is 1. The first kappa shape index (κ1) is 19.6. The number of nitrogens with one attached hydrogen (secondary N) is 2. The summed E-state index contributed by atoms with van der Waals surface area (Å²) in [4.78, 5) is 19.2. The highest BCUT2D eigenvalue weighted by molar-refractivity contribution is 5.78. The lowest BCUT2D eigenvalue weighted by Crippen LogP contribution is -2.50. The molecule has 1 aromatic carbocycles. The number of carbonyl (C=O) groups is 1. The average Bonchev–Trinajstić information content (AvgIpc) is 3.03. The minimum absolute atomic E-state index is 0.0820. The molecule has 6 nitrogen and oxygen atoms in total. The third-order valence-corrected chi connectivity index (χ3v) is 5.39. The molecule has 2 heterocycles. The zero-order valence-corrected chi connectivity index (χ0v) is 16.9. The molecule has 0 bridgehead atoms. The van der Waals surface area contributed by atoms with Crippen LogP contribution in [0.4, 0.5) is 0 Å². The van der Waals surface area contributed by atoms with Gasteiger partial charge >= 0.3 is 0 Å². The van der Waals surface area contributed by atoms with Gasteiger partial charge in [-0.25, -0.2) is 4.98 Å². The molecule has 2 aromatic rings. The van der Waals surface area contributed by atoms with Crippen molar-refractivity contribution in [3.63, 3.8) is 0 Å². The van der Waals surface area contributed by atoms with E-state index in [0.29, 0.717) is 13.1 Å². The van der Waals surface area contributed by atoms with E-state index >= 15 is 0 Å². The fourth-order valence-corrected chi connectivity index (χ4v) is 4.06. The van der Waals surface area contributed by atoms with Gasteiger partial charge in [0.1, 0.15) is 5.82 Å². The van der Waals surface area contributed by atoms with Crippen molar-refractivity contribution in [3.05, 3.63) is 52.6 Å². The molecule has 1 aromatic heterocycles. The maximum atomic E-state index is 12.5. The Morgan fingerprint density at radius 2 is 2.04 bits per heavy atom. The second kappa shape index (κ2) is 8.67. The SMILES string of the molecule is Cc1cc(C)c(CCNC(=O)CN2CCNCC2c2nccn2C)c(C)c1. The molecule has 1 amide bonds. The number of rotatable bonds is 6. The van der Waals surface area contributed by atoms with E-state index in [0.717, 1.165) is 31.9 Å². The van der Waals surface area contributed by atoms with Gasteiger partial charge in [0, 0.05) is 45.6 Å². The number of aryl methyl sites for hydroxylation is 4. The summed E-state index contributed by atoms with van der Waals surface area (Å²) in [6, 6.07) is 4.55. The highest BCUT2D eigenvalue weighted by atomic mass is 16.2. The topological polar surface area (TPSA) is 62.2 Å². The predicted molar refractivity (Wildman–Crippen MR) is 108 cm³/mol. The molecule has 1 saturated heterocycles. The van der Waals surface area contributed by atoms with Crippen molar-refractivity contribution in [3.8, 4) is 0 Å². The summed E-state index contributed by atoms with van der Waals surface area (Å²) in [5.74, 6) is 1.08. The summed E-state index contributed by atoms with van der Waals surface area (Å²) in [5.41, 5.74) is 5.24. The lowest BCUT2D eigenvalue weighted by atomic mass is 9.97. The molecule has 0 spiro atoms. The van der Waals surface area contributed by atoms with Crippen LogP contribution in [0.1, 0.15) is 34.1 Å². The molecule has 146 valence electrons. The first-order valence-electron chi connectivity index (χ1n) is 9.71. The Hall–Kier alpha value is -2.18.